The number of sulfonamides is 1. The molecule has 3 aromatic rings. The van der Waals surface area contributed by atoms with Gasteiger partial charge in [-0.1, -0.05) is 66.0 Å². The Hall–Kier alpha value is -3.36. The van der Waals surface area contributed by atoms with Crippen molar-refractivity contribution in [2.45, 2.75) is 44.7 Å². The average Bonchev–Trinajstić information content (AvgIpc) is 2.87. The summed E-state index contributed by atoms with van der Waals surface area (Å²) in [5.74, 6) is -0.805. The highest BCUT2D eigenvalue weighted by Gasteiger charge is 2.33. The predicted octanol–water partition coefficient (Wildman–Crippen LogP) is 4.71. The molecule has 0 heterocycles. The lowest BCUT2D eigenvalue weighted by Gasteiger charge is -2.33. The van der Waals surface area contributed by atoms with Gasteiger partial charge in [0.1, 0.15) is 12.6 Å². The fourth-order valence-electron chi connectivity index (χ4n) is 4.07. The number of halogens is 1. The van der Waals surface area contributed by atoms with E-state index in [1.54, 1.807) is 24.3 Å². The maximum absolute atomic E-state index is 13.9. The van der Waals surface area contributed by atoms with E-state index >= 15 is 0 Å². The van der Waals surface area contributed by atoms with E-state index in [2.05, 4.69) is 5.32 Å². The Kier molecular flexibility index (Phi) is 9.34. The quantitative estimate of drug-likeness (QED) is 0.403. The highest BCUT2D eigenvalue weighted by atomic mass is 35.5. The fraction of sp³-hybridized carbons (Fsp3) is 0.286. The van der Waals surface area contributed by atoms with Crippen molar-refractivity contribution < 1.29 is 18.0 Å². The van der Waals surface area contributed by atoms with Crippen LogP contribution in [0.15, 0.2) is 77.7 Å². The van der Waals surface area contributed by atoms with Gasteiger partial charge in [0.05, 0.1) is 10.6 Å². The van der Waals surface area contributed by atoms with Crippen molar-refractivity contribution in [3.05, 3.63) is 94.5 Å². The number of benzene rings is 3. The number of rotatable bonds is 10. The van der Waals surface area contributed by atoms with E-state index in [4.69, 9.17) is 11.6 Å². The molecule has 0 radical (unpaired) electrons. The van der Waals surface area contributed by atoms with Gasteiger partial charge in [-0.25, -0.2) is 8.42 Å². The number of nitrogens with zero attached hydrogens (tertiary/aromatic N) is 2. The van der Waals surface area contributed by atoms with Crippen molar-refractivity contribution in [1.82, 2.24) is 10.2 Å². The van der Waals surface area contributed by atoms with E-state index in [9.17, 15) is 18.0 Å². The number of nitrogens with one attached hydrogen (secondary N) is 1. The maximum Gasteiger partial charge on any atom is 0.264 e. The summed E-state index contributed by atoms with van der Waals surface area (Å²) in [5, 5.41) is 3.02. The highest BCUT2D eigenvalue weighted by molar-refractivity contribution is 7.92. The topological polar surface area (TPSA) is 86.8 Å². The van der Waals surface area contributed by atoms with Crippen LogP contribution in [-0.4, -0.2) is 44.8 Å². The van der Waals surface area contributed by atoms with Gasteiger partial charge in [-0.15, -0.1) is 0 Å². The van der Waals surface area contributed by atoms with Crippen LogP contribution in [0.4, 0.5) is 5.69 Å². The van der Waals surface area contributed by atoms with Crippen LogP contribution in [0, 0.1) is 13.8 Å². The standard InChI is InChI=1S/C28H32ClN3O4S/c1-5-26(28(34)30-4)31(18-22-8-6-7-21(3)17-22)27(33)19-32(24-13-9-20(2)10-14-24)37(35,36)25-15-11-23(29)12-16-25/h6-17,26H,5,18-19H2,1-4H3,(H,30,34)/t26-/m1/s1. The Morgan fingerprint density at radius 3 is 2.16 bits per heavy atom. The molecule has 0 saturated heterocycles. The summed E-state index contributed by atoms with van der Waals surface area (Å²) in [4.78, 5) is 28.1. The number of anilines is 1. The minimum Gasteiger partial charge on any atom is -0.357 e. The zero-order valence-electron chi connectivity index (χ0n) is 21.4. The van der Waals surface area contributed by atoms with Gasteiger partial charge >= 0.3 is 0 Å². The lowest BCUT2D eigenvalue weighted by molar-refractivity contribution is -0.140. The summed E-state index contributed by atoms with van der Waals surface area (Å²) in [5.41, 5.74) is 3.16. The number of amides is 2. The largest absolute Gasteiger partial charge is 0.357 e. The van der Waals surface area contributed by atoms with Gasteiger partial charge in [0, 0.05) is 18.6 Å². The van der Waals surface area contributed by atoms with Crippen molar-refractivity contribution in [1.29, 1.82) is 0 Å². The van der Waals surface area contributed by atoms with E-state index in [0.29, 0.717) is 17.1 Å². The maximum atomic E-state index is 13.9. The molecule has 0 aliphatic heterocycles. The Balaban J connectivity index is 2.05. The minimum atomic E-state index is -4.12. The molecule has 196 valence electrons. The van der Waals surface area contributed by atoms with E-state index in [0.717, 1.165) is 21.0 Å². The highest BCUT2D eigenvalue weighted by Crippen LogP contribution is 2.26. The first-order valence-corrected chi connectivity index (χ1v) is 13.8. The second-order valence-corrected chi connectivity index (χ2v) is 11.1. The first kappa shape index (κ1) is 28.2. The monoisotopic (exact) mass is 541 g/mol. The summed E-state index contributed by atoms with van der Waals surface area (Å²) >= 11 is 5.98. The molecule has 0 unspecified atom stereocenters. The number of carbonyl (C=O) groups is 2. The first-order valence-electron chi connectivity index (χ1n) is 12.0. The number of likely N-dealkylation sites (N-methyl/N-ethyl adjacent to an activating group) is 1. The Bertz CT molecular complexity index is 1340. The molecule has 0 aliphatic carbocycles. The Morgan fingerprint density at radius 2 is 1.59 bits per heavy atom. The van der Waals surface area contributed by atoms with Crippen LogP contribution in [0.1, 0.15) is 30.0 Å². The van der Waals surface area contributed by atoms with Gasteiger partial charge in [0.25, 0.3) is 10.0 Å². The molecule has 0 aliphatic rings. The molecule has 2 amide bonds. The second-order valence-electron chi connectivity index (χ2n) is 8.85. The van der Waals surface area contributed by atoms with Crippen LogP contribution in [0.3, 0.4) is 0 Å². The van der Waals surface area contributed by atoms with Gasteiger partial charge in [-0.05, 0) is 62.2 Å². The fourth-order valence-corrected chi connectivity index (χ4v) is 5.61. The van der Waals surface area contributed by atoms with Crippen LogP contribution >= 0.6 is 11.6 Å². The molecule has 0 bridgehead atoms. The first-order chi connectivity index (χ1) is 17.6. The molecule has 0 aromatic heterocycles. The van der Waals surface area contributed by atoms with Crippen molar-refractivity contribution in [3.63, 3.8) is 0 Å². The van der Waals surface area contributed by atoms with Gasteiger partial charge in [0.15, 0.2) is 0 Å². The zero-order valence-corrected chi connectivity index (χ0v) is 23.0. The van der Waals surface area contributed by atoms with Crippen molar-refractivity contribution in [2.75, 3.05) is 17.9 Å². The normalized spacial score (nSPS) is 12.0. The third-order valence-electron chi connectivity index (χ3n) is 6.07. The van der Waals surface area contributed by atoms with E-state index in [-0.39, 0.29) is 17.3 Å². The van der Waals surface area contributed by atoms with E-state index in [1.807, 2.05) is 45.0 Å². The number of hydrogen-bond donors (Lipinski definition) is 1. The molecule has 0 fully saturated rings. The lowest BCUT2D eigenvalue weighted by Crippen LogP contribution is -2.51. The molecule has 3 rings (SSSR count). The Morgan fingerprint density at radius 1 is 0.946 bits per heavy atom. The van der Waals surface area contributed by atoms with Crippen LogP contribution in [0.25, 0.3) is 0 Å². The third kappa shape index (κ3) is 6.90. The van der Waals surface area contributed by atoms with Crippen LogP contribution in [0.5, 0.6) is 0 Å². The van der Waals surface area contributed by atoms with Gasteiger partial charge in [0.2, 0.25) is 11.8 Å². The molecule has 1 N–H and O–H groups in total. The summed E-state index contributed by atoms with van der Waals surface area (Å²) in [6.07, 6.45) is 0.367. The average molecular weight is 542 g/mol. The molecular formula is C28H32ClN3O4S. The molecule has 9 heteroatoms. The van der Waals surface area contributed by atoms with E-state index in [1.165, 1.54) is 36.2 Å². The third-order valence-corrected chi connectivity index (χ3v) is 8.11. The molecule has 0 spiro atoms. The number of aryl methyl sites for hydroxylation is 2. The summed E-state index contributed by atoms with van der Waals surface area (Å²) in [7, 11) is -2.61. The number of hydrogen-bond acceptors (Lipinski definition) is 4. The van der Waals surface area contributed by atoms with Crippen molar-refractivity contribution >= 4 is 39.1 Å². The van der Waals surface area contributed by atoms with Gasteiger partial charge in [-0.3, -0.25) is 13.9 Å². The van der Waals surface area contributed by atoms with Crippen LogP contribution in [-0.2, 0) is 26.2 Å². The van der Waals surface area contributed by atoms with E-state index < -0.39 is 28.5 Å². The summed E-state index contributed by atoms with van der Waals surface area (Å²) < 4.78 is 28.6. The number of carbonyl (C=O) groups excluding carboxylic acids is 2. The predicted molar refractivity (Wildman–Crippen MR) is 147 cm³/mol. The van der Waals surface area contributed by atoms with Crippen LogP contribution < -0.4 is 9.62 Å². The smallest absolute Gasteiger partial charge is 0.264 e. The molecule has 37 heavy (non-hydrogen) atoms. The van der Waals surface area contributed by atoms with Crippen molar-refractivity contribution in [3.8, 4) is 0 Å². The lowest BCUT2D eigenvalue weighted by atomic mass is 10.1. The molecule has 3 aromatic carbocycles. The zero-order chi connectivity index (χ0) is 27.2. The summed E-state index contributed by atoms with van der Waals surface area (Å²) in [6.45, 7) is 5.34. The molecule has 7 nitrogen and oxygen atoms in total. The molecule has 0 saturated carbocycles. The van der Waals surface area contributed by atoms with Gasteiger partial charge < -0.3 is 10.2 Å². The summed E-state index contributed by atoms with van der Waals surface area (Å²) in [6, 6.07) is 19.6. The SMILES string of the molecule is CC[C@H](C(=O)NC)N(Cc1cccc(C)c1)C(=O)CN(c1ccc(C)cc1)S(=O)(=O)c1ccc(Cl)cc1. The van der Waals surface area contributed by atoms with Crippen molar-refractivity contribution in [2.24, 2.45) is 0 Å². The van der Waals surface area contributed by atoms with Gasteiger partial charge in [-0.2, -0.15) is 0 Å². The minimum absolute atomic E-state index is 0.00820. The van der Waals surface area contributed by atoms with Crippen LogP contribution in [0.2, 0.25) is 5.02 Å². The second kappa shape index (κ2) is 12.3. The Labute approximate surface area is 224 Å². The molecule has 1 atom stereocenters. The molecular weight excluding hydrogens is 510 g/mol.